The molecule has 0 fully saturated rings. The fourth-order valence-corrected chi connectivity index (χ4v) is 4.68. The SMILES string of the molecule is CC(C)(C)C(=O)O[C@H]1CCS(=O)(=O)c2sccc21. The first kappa shape index (κ1) is 13.5. The van der Waals surface area contributed by atoms with Crippen molar-refractivity contribution in [3.05, 3.63) is 17.0 Å². The summed E-state index contributed by atoms with van der Waals surface area (Å²) in [5, 5.41) is 1.73. The number of hydrogen-bond acceptors (Lipinski definition) is 5. The van der Waals surface area contributed by atoms with E-state index in [2.05, 4.69) is 0 Å². The van der Waals surface area contributed by atoms with Gasteiger partial charge in [-0.1, -0.05) is 0 Å². The number of hydrogen-bond donors (Lipinski definition) is 0. The average molecular weight is 288 g/mol. The topological polar surface area (TPSA) is 60.4 Å². The third-order valence-corrected chi connectivity index (χ3v) is 6.14. The lowest BCUT2D eigenvalue weighted by atomic mass is 9.97. The predicted molar refractivity (Wildman–Crippen MR) is 69.3 cm³/mol. The molecule has 0 saturated carbocycles. The van der Waals surface area contributed by atoms with Crippen LogP contribution in [0.1, 0.15) is 38.9 Å². The molecular weight excluding hydrogens is 272 g/mol. The van der Waals surface area contributed by atoms with Crippen molar-refractivity contribution in [3.8, 4) is 0 Å². The van der Waals surface area contributed by atoms with Gasteiger partial charge in [0.2, 0.25) is 0 Å². The Kier molecular flexibility index (Phi) is 3.27. The average Bonchev–Trinajstić information content (AvgIpc) is 2.71. The van der Waals surface area contributed by atoms with E-state index in [1.807, 2.05) is 0 Å². The lowest BCUT2D eigenvalue weighted by Gasteiger charge is -2.26. The maximum absolute atomic E-state index is 11.9. The molecule has 100 valence electrons. The Morgan fingerprint density at radius 1 is 1.44 bits per heavy atom. The van der Waals surface area contributed by atoms with Crippen molar-refractivity contribution < 1.29 is 17.9 Å². The Bertz CT molecular complexity index is 563. The maximum Gasteiger partial charge on any atom is 0.311 e. The van der Waals surface area contributed by atoms with Crippen LogP contribution in [0.2, 0.25) is 0 Å². The van der Waals surface area contributed by atoms with Crippen LogP contribution in [-0.2, 0) is 19.4 Å². The van der Waals surface area contributed by atoms with Gasteiger partial charge in [-0.2, -0.15) is 0 Å². The zero-order valence-corrected chi connectivity index (χ0v) is 12.2. The molecule has 0 saturated heterocycles. The van der Waals surface area contributed by atoms with Crippen molar-refractivity contribution in [3.63, 3.8) is 0 Å². The number of ether oxygens (including phenoxy) is 1. The first-order valence-corrected chi connectivity index (χ1v) is 8.26. The molecule has 0 aliphatic carbocycles. The smallest absolute Gasteiger partial charge is 0.311 e. The van der Waals surface area contributed by atoms with E-state index in [-0.39, 0.29) is 11.7 Å². The number of sulfone groups is 1. The van der Waals surface area contributed by atoms with Gasteiger partial charge in [0.25, 0.3) is 0 Å². The van der Waals surface area contributed by atoms with E-state index < -0.39 is 21.4 Å². The van der Waals surface area contributed by atoms with E-state index in [0.717, 1.165) is 0 Å². The Balaban J connectivity index is 2.27. The van der Waals surface area contributed by atoms with Gasteiger partial charge in [0.05, 0.1) is 11.2 Å². The zero-order valence-electron chi connectivity index (χ0n) is 10.6. The van der Waals surface area contributed by atoms with Gasteiger partial charge in [-0.05, 0) is 32.2 Å². The number of thiophene rings is 1. The van der Waals surface area contributed by atoms with Gasteiger partial charge >= 0.3 is 5.97 Å². The highest BCUT2D eigenvalue weighted by atomic mass is 32.2. The highest BCUT2D eigenvalue weighted by Crippen LogP contribution is 2.38. The summed E-state index contributed by atoms with van der Waals surface area (Å²) in [7, 11) is -3.18. The van der Waals surface area contributed by atoms with Crippen molar-refractivity contribution in [2.45, 2.75) is 37.5 Å². The van der Waals surface area contributed by atoms with Gasteiger partial charge in [-0.15, -0.1) is 11.3 Å². The molecule has 18 heavy (non-hydrogen) atoms. The molecule has 6 heteroatoms. The first-order chi connectivity index (χ1) is 8.22. The number of esters is 1. The number of fused-ring (bicyclic) bond motifs is 1. The summed E-state index contributed by atoms with van der Waals surface area (Å²) in [4.78, 5) is 11.9. The van der Waals surface area contributed by atoms with Crippen molar-refractivity contribution in [2.24, 2.45) is 5.41 Å². The van der Waals surface area contributed by atoms with Crippen molar-refractivity contribution >= 4 is 27.1 Å². The van der Waals surface area contributed by atoms with Gasteiger partial charge in [0.1, 0.15) is 10.3 Å². The Hall–Kier alpha value is -0.880. The molecule has 0 unspecified atom stereocenters. The predicted octanol–water partition coefficient (Wildman–Crippen LogP) is 2.56. The summed E-state index contributed by atoms with van der Waals surface area (Å²) < 4.78 is 29.4. The Morgan fingerprint density at radius 3 is 2.72 bits per heavy atom. The quantitative estimate of drug-likeness (QED) is 0.745. The third-order valence-electron chi connectivity index (χ3n) is 2.80. The lowest BCUT2D eigenvalue weighted by Crippen LogP contribution is -2.28. The molecule has 2 heterocycles. The van der Waals surface area contributed by atoms with Crippen molar-refractivity contribution in [1.29, 1.82) is 0 Å². The van der Waals surface area contributed by atoms with Crippen LogP contribution in [-0.4, -0.2) is 20.1 Å². The molecule has 1 aromatic rings. The first-order valence-electron chi connectivity index (χ1n) is 5.73. The maximum atomic E-state index is 11.9. The highest BCUT2D eigenvalue weighted by Gasteiger charge is 2.35. The largest absolute Gasteiger partial charge is 0.457 e. The second-order valence-corrected chi connectivity index (χ2v) is 8.64. The second-order valence-electron chi connectivity index (χ2n) is 5.41. The second kappa shape index (κ2) is 4.35. The van der Waals surface area contributed by atoms with E-state index in [4.69, 9.17) is 4.74 Å². The van der Waals surface area contributed by atoms with E-state index in [1.165, 1.54) is 11.3 Å². The summed E-state index contributed by atoms with van der Waals surface area (Å²) in [5.41, 5.74) is 0.0517. The fraction of sp³-hybridized carbons (Fsp3) is 0.583. The number of carbonyl (C=O) groups is 1. The summed E-state index contributed by atoms with van der Waals surface area (Å²) in [6.07, 6.45) is -0.0880. The standard InChI is InChI=1S/C12H16O4S2/c1-12(2,3)11(13)16-9-5-7-18(14,15)10-8(9)4-6-17-10/h4,6,9H,5,7H2,1-3H3/t9-/m0/s1. The molecule has 4 nitrogen and oxygen atoms in total. The van der Waals surface area contributed by atoms with Gasteiger partial charge in [-0.25, -0.2) is 8.42 Å². The Labute approximate surface area is 111 Å². The molecule has 1 atom stereocenters. The molecule has 0 spiro atoms. The lowest BCUT2D eigenvalue weighted by molar-refractivity contribution is -0.159. The molecular formula is C12H16O4S2. The molecule has 1 aliphatic heterocycles. The van der Waals surface area contributed by atoms with Crippen LogP contribution in [0.25, 0.3) is 0 Å². The van der Waals surface area contributed by atoms with Crippen LogP contribution in [0.4, 0.5) is 0 Å². The van der Waals surface area contributed by atoms with Crippen LogP contribution >= 0.6 is 11.3 Å². The molecule has 1 aromatic heterocycles. The normalized spacial score (nSPS) is 22.3. The minimum atomic E-state index is -3.18. The van der Waals surface area contributed by atoms with Crippen molar-refractivity contribution in [2.75, 3.05) is 5.75 Å². The van der Waals surface area contributed by atoms with Crippen LogP contribution in [0.5, 0.6) is 0 Å². The number of carbonyl (C=O) groups excluding carboxylic acids is 1. The highest BCUT2D eigenvalue weighted by molar-refractivity contribution is 7.93. The van der Waals surface area contributed by atoms with Crippen LogP contribution in [0.15, 0.2) is 15.7 Å². The summed E-state index contributed by atoms with van der Waals surface area (Å²) in [5.74, 6) is -0.258. The summed E-state index contributed by atoms with van der Waals surface area (Å²) in [6.45, 7) is 5.34. The molecule has 2 rings (SSSR count). The minimum Gasteiger partial charge on any atom is -0.457 e. The number of rotatable bonds is 1. The third kappa shape index (κ3) is 2.44. The van der Waals surface area contributed by atoms with E-state index in [0.29, 0.717) is 16.2 Å². The van der Waals surface area contributed by atoms with Crippen molar-refractivity contribution in [1.82, 2.24) is 0 Å². The van der Waals surface area contributed by atoms with E-state index in [9.17, 15) is 13.2 Å². The molecule has 0 bridgehead atoms. The van der Waals surface area contributed by atoms with Gasteiger partial charge < -0.3 is 4.74 Å². The molecule has 0 aromatic carbocycles. The van der Waals surface area contributed by atoms with E-state index in [1.54, 1.807) is 32.2 Å². The summed E-state index contributed by atoms with van der Waals surface area (Å²) in [6, 6.07) is 1.73. The molecule has 0 amide bonds. The van der Waals surface area contributed by atoms with Crippen LogP contribution in [0.3, 0.4) is 0 Å². The summed E-state index contributed by atoms with van der Waals surface area (Å²) >= 11 is 1.19. The Morgan fingerprint density at radius 2 is 2.11 bits per heavy atom. The monoisotopic (exact) mass is 288 g/mol. The van der Waals surface area contributed by atoms with E-state index >= 15 is 0 Å². The molecule has 0 radical (unpaired) electrons. The van der Waals surface area contributed by atoms with Crippen LogP contribution < -0.4 is 0 Å². The fourth-order valence-electron chi connectivity index (χ4n) is 1.74. The van der Waals surface area contributed by atoms with Gasteiger partial charge in [-0.3, -0.25) is 4.79 Å². The molecule has 1 aliphatic rings. The van der Waals surface area contributed by atoms with Crippen LogP contribution in [0, 0.1) is 5.41 Å². The van der Waals surface area contributed by atoms with Gasteiger partial charge in [0.15, 0.2) is 9.84 Å². The van der Waals surface area contributed by atoms with Gasteiger partial charge in [0, 0.05) is 12.0 Å². The zero-order chi connectivity index (χ0) is 13.6. The minimum absolute atomic E-state index is 0.0442. The molecule has 0 N–H and O–H groups in total.